The number of piperidine rings is 1. The van der Waals surface area contributed by atoms with E-state index in [1.807, 2.05) is 18.7 Å². The normalized spacial score (nSPS) is 20.0. The van der Waals surface area contributed by atoms with Crippen molar-refractivity contribution in [3.8, 4) is 11.5 Å². The Morgan fingerprint density at radius 3 is 2.42 bits per heavy atom. The van der Waals surface area contributed by atoms with Gasteiger partial charge in [-0.3, -0.25) is 4.79 Å². The van der Waals surface area contributed by atoms with Gasteiger partial charge in [-0.15, -0.1) is 0 Å². The third-order valence-corrected chi connectivity index (χ3v) is 4.70. The van der Waals surface area contributed by atoms with Gasteiger partial charge < -0.3 is 14.2 Å². The molecule has 0 aliphatic carbocycles. The molecule has 1 amide bonds. The van der Waals surface area contributed by atoms with Crippen LogP contribution >= 0.6 is 0 Å². The molecule has 0 radical (unpaired) electrons. The number of esters is 1. The van der Waals surface area contributed by atoms with Crippen molar-refractivity contribution < 1.29 is 18.8 Å². The van der Waals surface area contributed by atoms with Crippen molar-refractivity contribution in [3.63, 3.8) is 0 Å². The second kappa shape index (κ2) is 7.68. The zero-order chi connectivity index (χ0) is 18.7. The first-order chi connectivity index (χ1) is 12.5. The number of benzene rings is 1. The molecule has 1 aromatic carbocycles. The van der Waals surface area contributed by atoms with Gasteiger partial charge in [-0.2, -0.15) is 4.98 Å². The van der Waals surface area contributed by atoms with Crippen molar-refractivity contribution in [1.29, 1.82) is 0 Å². The minimum absolute atomic E-state index is 0.143. The van der Waals surface area contributed by atoms with E-state index < -0.39 is 5.97 Å². The third-order valence-electron chi connectivity index (χ3n) is 4.70. The van der Waals surface area contributed by atoms with E-state index in [-0.39, 0.29) is 24.6 Å². The minimum atomic E-state index is -0.524. The third kappa shape index (κ3) is 3.92. The van der Waals surface area contributed by atoms with Crippen LogP contribution in [0.1, 0.15) is 49.3 Å². The summed E-state index contributed by atoms with van der Waals surface area (Å²) in [7, 11) is 0. The predicted octanol–water partition coefficient (Wildman–Crippen LogP) is 2.99. The number of ether oxygens (including phenoxy) is 1. The summed E-state index contributed by atoms with van der Waals surface area (Å²) in [4.78, 5) is 30.6. The van der Waals surface area contributed by atoms with Crippen LogP contribution in [0.15, 0.2) is 28.8 Å². The first-order valence-corrected chi connectivity index (χ1v) is 8.84. The van der Waals surface area contributed by atoms with Gasteiger partial charge in [0.05, 0.1) is 5.56 Å². The lowest BCUT2D eigenvalue weighted by molar-refractivity contribution is -0.140. The summed E-state index contributed by atoms with van der Waals surface area (Å²) in [5.74, 6) is 0.272. The second-order valence-electron chi connectivity index (χ2n) is 6.73. The van der Waals surface area contributed by atoms with Crippen molar-refractivity contribution >= 4 is 11.9 Å². The topological polar surface area (TPSA) is 85.5 Å². The Labute approximate surface area is 152 Å². The molecule has 2 aromatic rings. The molecule has 0 bridgehead atoms. The maximum atomic E-state index is 12.4. The Kier molecular flexibility index (Phi) is 5.35. The standard InChI is InChI=1S/C19H23N3O4/c1-12-5-4-6-13(2)22(12)17(23)11-25-19(24)16-9-7-15(8-10-16)18-20-14(3)21-26-18/h7-10,12-13H,4-6,11H2,1-3H3. The van der Waals surface area contributed by atoms with Gasteiger partial charge in [-0.1, -0.05) is 5.16 Å². The van der Waals surface area contributed by atoms with Crippen LogP contribution in [0.2, 0.25) is 0 Å². The fraction of sp³-hybridized carbons (Fsp3) is 0.474. The van der Waals surface area contributed by atoms with Gasteiger partial charge in [0.2, 0.25) is 0 Å². The molecule has 2 atom stereocenters. The molecular weight excluding hydrogens is 334 g/mol. The van der Waals surface area contributed by atoms with Crippen LogP contribution in [0.3, 0.4) is 0 Å². The summed E-state index contributed by atoms with van der Waals surface area (Å²) < 4.78 is 10.3. The monoisotopic (exact) mass is 357 g/mol. The molecule has 138 valence electrons. The lowest BCUT2D eigenvalue weighted by Crippen LogP contribution is -2.49. The number of carbonyl (C=O) groups is 2. The van der Waals surface area contributed by atoms with Crippen LogP contribution in [0.4, 0.5) is 0 Å². The Morgan fingerprint density at radius 1 is 1.19 bits per heavy atom. The molecule has 26 heavy (non-hydrogen) atoms. The highest BCUT2D eigenvalue weighted by atomic mass is 16.5. The van der Waals surface area contributed by atoms with Gasteiger partial charge in [0, 0.05) is 17.6 Å². The fourth-order valence-corrected chi connectivity index (χ4v) is 3.36. The molecule has 1 saturated heterocycles. The molecule has 1 fully saturated rings. The molecule has 0 saturated carbocycles. The van der Waals surface area contributed by atoms with E-state index in [4.69, 9.17) is 9.26 Å². The SMILES string of the molecule is Cc1noc(-c2ccc(C(=O)OCC(=O)N3C(C)CCCC3C)cc2)n1. The number of nitrogens with zero attached hydrogens (tertiary/aromatic N) is 3. The summed E-state index contributed by atoms with van der Waals surface area (Å²) in [5, 5.41) is 3.74. The number of likely N-dealkylation sites (tertiary alicyclic amines) is 1. The first-order valence-electron chi connectivity index (χ1n) is 8.84. The molecule has 2 unspecified atom stereocenters. The quantitative estimate of drug-likeness (QED) is 0.782. The highest BCUT2D eigenvalue weighted by Crippen LogP contribution is 2.23. The van der Waals surface area contributed by atoms with E-state index >= 15 is 0 Å². The van der Waals surface area contributed by atoms with E-state index in [2.05, 4.69) is 10.1 Å². The highest BCUT2D eigenvalue weighted by molar-refractivity contribution is 5.91. The fourth-order valence-electron chi connectivity index (χ4n) is 3.36. The molecular formula is C19H23N3O4. The number of hydrogen-bond acceptors (Lipinski definition) is 6. The zero-order valence-electron chi connectivity index (χ0n) is 15.3. The summed E-state index contributed by atoms with van der Waals surface area (Å²) >= 11 is 0. The first kappa shape index (κ1) is 18.1. The lowest BCUT2D eigenvalue weighted by Gasteiger charge is -2.38. The largest absolute Gasteiger partial charge is 0.452 e. The average molecular weight is 357 g/mol. The number of carbonyl (C=O) groups excluding carboxylic acids is 2. The van der Waals surface area contributed by atoms with E-state index in [1.165, 1.54) is 0 Å². The average Bonchev–Trinajstić information content (AvgIpc) is 3.06. The number of hydrogen-bond donors (Lipinski definition) is 0. The molecule has 1 aliphatic heterocycles. The second-order valence-corrected chi connectivity index (χ2v) is 6.73. The van der Waals surface area contributed by atoms with Crippen LogP contribution in [0, 0.1) is 6.92 Å². The number of rotatable bonds is 4. The van der Waals surface area contributed by atoms with Crippen molar-refractivity contribution in [2.75, 3.05) is 6.61 Å². The summed E-state index contributed by atoms with van der Waals surface area (Å²) in [5.41, 5.74) is 1.09. The van der Waals surface area contributed by atoms with E-state index in [1.54, 1.807) is 31.2 Å². The van der Waals surface area contributed by atoms with Gasteiger partial charge in [-0.25, -0.2) is 4.79 Å². The van der Waals surface area contributed by atoms with Crippen LogP contribution in [0.25, 0.3) is 11.5 Å². The maximum Gasteiger partial charge on any atom is 0.338 e. The molecule has 2 heterocycles. The molecule has 1 aliphatic rings. The van der Waals surface area contributed by atoms with Gasteiger partial charge >= 0.3 is 5.97 Å². The Bertz CT molecular complexity index is 774. The maximum absolute atomic E-state index is 12.4. The van der Waals surface area contributed by atoms with Crippen LogP contribution < -0.4 is 0 Å². The molecule has 7 heteroatoms. The Morgan fingerprint density at radius 2 is 1.85 bits per heavy atom. The van der Waals surface area contributed by atoms with Crippen LogP contribution in [-0.4, -0.2) is 45.6 Å². The Balaban J connectivity index is 1.58. The van der Waals surface area contributed by atoms with Crippen molar-refractivity contribution in [2.45, 2.75) is 52.1 Å². The summed E-state index contributed by atoms with van der Waals surface area (Å²) in [6, 6.07) is 7.02. The van der Waals surface area contributed by atoms with Crippen LogP contribution in [0.5, 0.6) is 0 Å². The molecule has 7 nitrogen and oxygen atoms in total. The van der Waals surface area contributed by atoms with Crippen molar-refractivity contribution in [3.05, 3.63) is 35.7 Å². The molecule has 0 spiro atoms. The van der Waals surface area contributed by atoms with Crippen molar-refractivity contribution in [2.24, 2.45) is 0 Å². The smallest absolute Gasteiger partial charge is 0.338 e. The van der Waals surface area contributed by atoms with Crippen LogP contribution in [-0.2, 0) is 9.53 Å². The zero-order valence-corrected chi connectivity index (χ0v) is 15.3. The van der Waals surface area contributed by atoms with Gasteiger partial charge in [-0.05, 0) is 64.3 Å². The van der Waals surface area contributed by atoms with E-state index in [9.17, 15) is 9.59 Å². The van der Waals surface area contributed by atoms with E-state index in [0.717, 1.165) is 19.3 Å². The molecule has 0 N–H and O–H groups in total. The van der Waals surface area contributed by atoms with E-state index in [0.29, 0.717) is 22.8 Å². The number of aryl methyl sites for hydroxylation is 1. The number of amides is 1. The minimum Gasteiger partial charge on any atom is -0.452 e. The summed E-state index contributed by atoms with van der Waals surface area (Å²) in [6.07, 6.45) is 3.10. The lowest BCUT2D eigenvalue weighted by atomic mass is 9.97. The number of aromatic nitrogens is 2. The van der Waals surface area contributed by atoms with Crippen molar-refractivity contribution in [1.82, 2.24) is 15.0 Å². The molecule has 1 aromatic heterocycles. The Hall–Kier alpha value is -2.70. The van der Waals surface area contributed by atoms with Gasteiger partial charge in [0.1, 0.15) is 0 Å². The highest BCUT2D eigenvalue weighted by Gasteiger charge is 2.29. The summed E-state index contributed by atoms with van der Waals surface area (Å²) in [6.45, 7) is 5.57. The molecule has 3 rings (SSSR count). The van der Waals surface area contributed by atoms with Gasteiger partial charge in [0.25, 0.3) is 11.8 Å². The predicted molar refractivity (Wildman–Crippen MR) is 94.4 cm³/mol. The van der Waals surface area contributed by atoms with Gasteiger partial charge in [0.15, 0.2) is 12.4 Å².